The molecule has 2 N–H and O–H groups in total. The van der Waals surface area contributed by atoms with Crippen LogP contribution in [0.4, 0.5) is 0 Å². The zero-order valence-electron chi connectivity index (χ0n) is 9.86. The van der Waals surface area contributed by atoms with Gasteiger partial charge in [-0.05, 0) is 24.3 Å². The highest BCUT2D eigenvalue weighted by Crippen LogP contribution is 2.18. The molecular formula is C13H21NOS. The molecule has 2 nitrogen and oxygen atoms in total. The second kappa shape index (κ2) is 8.62. The van der Waals surface area contributed by atoms with E-state index in [9.17, 15) is 0 Å². The summed E-state index contributed by atoms with van der Waals surface area (Å²) >= 11 is 1.90. The van der Waals surface area contributed by atoms with E-state index in [0.29, 0.717) is 12.6 Å². The third kappa shape index (κ3) is 5.01. The molecule has 0 aliphatic rings. The van der Waals surface area contributed by atoms with Gasteiger partial charge in [0, 0.05) is 18.4 Å². The van der Waals surface area contributed by atoms with Gasteiger partial charge >= 0.3 is 0 Å². The topological polar surface area (TPSA) is 32.3 Å². The van der Waals surface area contributed by atoms with Crippen LogP contribution in [0.5, 0.6) is 0 Å². The summed E-state index contributed by atoms with van der Waals surface area (Å²) in [5.41, 5.74) is 1.35. The summed E-state index contributed by atoms with van der Waals surface area (Å²) in [7, 11) is 0. The minimum absolute atomic E-state index is 0.296. The second-order valence-corrected chi connectivity index (χ2v) is 4.82. The highest BCUT2D eigenvalue weighted by Gasteiger charge is 2.08. The summed E-state index contributed by atoms with van der Waals surface area (Å²) in [5, 5.41) is 12.2. The van der Waals surface area contributed by atoms with Gasteiger partial charge in [0.15, 0.2) is 0 Å². The quantitative estimate of drug-likeness (QED) is 0.684. The van der Waals surface area contributed by atoms with E-state index >= 15 is 0 Å². The predicted molar refractivity (Wildman–Crippen MR) is 71.9 cm³/mol. The van der Waals surface area contributed by atoms with Gasteiger partial charge in [-0.3, -0.25) is 0 Å². The van der Waals surface area contributed by atoms with E-state index < -0.39 is 0 Å². The summed E-state index contributed by atoms with van der Waals surface area (Å²) in [6.45, 7) is 3.42. The molecule has 0 radical (unpaired) electrons. The van der Waals surface area contributed by atoms with Gasteiger partial charge in [0.05, 0.1) is 0 Å². The zero-order chi connectivity index (χ0) is 11.6. The standard InChI is InChI=1S/C13H21NOS/c1-2-14-13(11-16-10-6-9-15)12-7-4-3-5-8-12/h3-5,7-8,13-15H,2,6,9-11H2,1H3. The first-order chi connectivity index (χ1) is 7.88. The molecule has 1 aromatic rings. The Morgan fingerprint density at radius 1 is 1.31 bits per heavy atom. The monoisotopic (exact) mass is 239 g/mol. The van der Waals surface area contributed by atoms with Gasteiger partial charge in [0.1, 0.15) is 0 Å². The second-order valence-electron chi connectivity index (χ2n) is 3.67. The van der Waals surface area contributed by atoms with Crippen LogP contribution in [0, 0.1) is 0 Å². The number of thioether (sulfide) groups is 1. The third-order valence-electron chi connectivity index (χ3n) is 2.38. The minimum atomic E-state index is 0.296. The average Bonchev–Trinajstić information content (AvgIpc) is 2.34. The van der Waals surface area contributed by atoms with Crippen LogP contribution in [-0.2, 0) is 0 Å². The van der Waals surface area contributed by atoms with Crippen LogP contribution in [0.2, 0.25) is 0 Å². The molecule has 1 aromatic carbocycles. The lowest BCUT2D eigenvalue weighted by atomic mass is 10.1. The molecule has 0 fully saturated rings. The maximum absolute atomic E-state index is 8.72. The van der Waals surface area contributed by atoms with Crippen molar-refractivity contribution in [2.75, 3.05) is 24.7 Å². The Balaban J connectivity index is 2.41. The highest BCUT2D eigenvalue weighted by atomic mass is 32.2. The zero-order valence-corrected chi connectivity index (χ0v) is 10.7. The van der Waals surface area contributed by atoms with E-state index in [1.165, 1.54) is 5.56 Å². The fraction of sp³-hybridized carbons (Fsp3) is 0.538. The summed E-state index contributed by atoms with van der Waals surface area (Å²) in [6, 6.07) is 11.0. The van der Waals surface area contributed by atoms with Gasteiger partial charge in [-0.15, -0.1) is 0 Å². The molecule has 16 heavy (non-hydrogen) atoms. The Morgan fingerprint density at radius 3 is 2.69 bits per heavy atom. The van der Waals surface area contributed by atoms with Crippen LogP contribution in [0.1, 0.15) is 24.9 Å². The Morgan fingerprint density at radius 2 is 2.06 bits per heavy atom. The van der Waals surface area contributed by atoms with E-state index in [1.807, 2.05) is 17.8 Å². The SMILES string of the molecule is CCNC(CSCCCO)c1ccccc1. The summed E-state index contributed by atoms with van der Waals surface area (Å²) < 4.78 is 0. The average molecular weight is 239 g/mol. The first kappa shape index (κ1) is 13.6. The number of benzene rings is 1. The van der Waals surface area contributed by atoms with Crippen LogP contribution >= 0.6 is 11.8 Å². The Kier molecular flexibility index (Phi) is 7.30. The molecule has 1 rings (SSSR count). The van der Waals surface area contributed by atoms with Crippen molar-refractivity contribution < 1.29 is 5.11 Å². The number of nitrogens with one attached hydrogen (secondary N) is 1. The maximum Gasteiger partial charge on any atom is 0.0438 e. The molecule has 90 valence electrons. The molecular weight excluding hydrogens is 218 g/mol. The van der Waals surface area contributed by atoms with Crippen molar-refractivity contribution in [3.63, 3.8) is 0 Å². The lowest BCUT2D eigenvalue weighted by Gasteiger charge is -2.17. The highest BCUT2D eigenvalue weighted by molar-refractivity contribution is 7.99. The van der Waals surface area contributed by atoms with Gasteiger partial charge < -0.3 is 10.4 Å². The van der Waals surface area contributed by atoms with Gasteiger partial charge in [0.25, 0.3) is 0 Å². The number of hydrogen-bond acceptors (Lipinski definition) is 3. The van der Waals surface area contributed by atoms with Crippen LogP contribution in [-0.4, -0.2) is 29.8 Å². The Labute approximate surface area is 102 Å². The molecule has 0 saturated heterocycles. The fourth-order valence-electron chi connectivity index (χ4n) is 1.57. The van der Waals surface area contributed by atoms with Crippen molar-refractivity contribution in [2.45, 2.75) is 19.4 Å². The molecule has 0 spiro atoms. The van der Waals surface area contributed by atoms with E-state index in [-0.39, 0.29) is 0 Å². The lowest BCUT2D eigenvalue weighted by Crippen LogP contribution is -2.23. The number of aliphatic hydroxyl groups excluding tert-OH is 1. The normalized spacial score (nSPS) is 12.6. The molecule has 0 saturated carbocycles. The van der Waals surface area contributed by atoms with Gasteiger partial charge in [-0.1, -0.05) is 37.3 Å². The third-order valence-corrected chi connectivity index (χ3v) is 3.53. The van der Waals surface area contributed by atoms with Crippen molar-refractivity contribution in [1.82, 2.24) is 5.32 Å². The Bertz CT molecular complexity index is 266. The smallest absolute Gasteiger partial charge is 0.0438 e. The van der Waals surface area contributed by atoms with Crippen LogP contribution in [0.15, 0.2) is 30.3 Å². The fourth-order valence-corrected chi connectivity index (χ4v) is 2.62. The summed E-state index contributed by atoms with van der Waals surface area (Å²) in [6.07, 6.45) is 0.887. The number of aliphatic hydroxyl groups is 1. The molecule has 3 heteroatoms. The van der Waals surface area contributed by atoms with Crippen molar-refractivity contribution in [2.24, 2.45) is 0 Å². The first-order valence-corrected chi connectivity index (χ1v) is 7.01. The molecule has 0 aliphatic carbocycles. The molecule has 0 aliphatic heterocycles. The first-order valence-electron chi connectivity index (χ1n) is 5.85. The maximum atomic E-state index is 8.72. The predicted octanol–water partition coefficient (Wildman–Crippen LogP) is 2.45. The molecule has 0 aromatic heterocycles. The van der Waals surface area contributed by atoms with Gasteiger partial charge in [-0.25, -0.2) is 0 Å². The van der Waals surface area contributed by atoms with E-state index in [1.54, 1.807) is 0 Å². The van der Waals surface area contributed by atoms with Crippen molar-refractivity contribution in [1.29, 1.82) is 0 Å². The van der Waals surface area contributed by atoms with E-state index in [2.05, 4.69) is 36.5 Å². The molecule has 1 unspecified atom stereocenters. The number of hydrogen-bond donors (Lipinski definition) is 2. The number of rotatable bonds is 8. The molecule has 0 heterocycles. The van der Waals surface area contributed by atoms with Crippen molar-refractivity contribution >= 4 is 11.8 Å². The molecule has 0 bridgehead atoms. The van der Waals surface area contributed by atoms with Gasteiger partial charge in [0.2, 0.25) is 0 Å². The van der Waals surface area contributed by atoms with Crippen LogP contribution < -0.4 is 5.32 Å². The summed E-state index contributed by atoms with van der Waals surface area (Å²) in [5.74, 6) is 2.10. The lowest BCUT2D eigenvalue weighted by molar-refractivity contribution is 0.296. The largest absolute Gasteiger partial charge is 0.396 e. The van der Waals surface area contributed by atoms with Crippen LogP contribution in [0.25, 0.3) is 0 Å². The van der Waals surface area contributed by atoms with E-state index in [0.717, 1.165) is 24.5 Å². The van der Waals surface area contributed by atoms with E-state index in [4.69, 9.17) is 5.11 Å². The Hall–Kier alpha value is -0.510. The summed E-state index contributed by atoms with van der Waals surface area (Å²) in [4.78, 5) is 0. The molecule has 1 atom stereocenters. The van der Waals surface area contributed by atoms with Crippen LogP contribution in [0.3, 0.4) is 0 Å². The van der Waals surface area contributed by atoms with Crippen molar-refractivity contribution in [3.05, 3.63) is 35.9 Å². The molecule has 0 amide bonds. The van der Waals surface area contributed by atoms with Gasteiger partial charge in [-0.2, -0.15) is 11.8 Å². The van der Waals surface area contributed by atoms with Crippen molar-refractivity contribution in [3.8, 4) is 0 Å². The minimum Gasteiger partial charge on any atom is -0.396 e.